The predicted octanol–water partition coefficient (Wildman–Crippen LogP) is 4.98. The van der Waals surface area contributed by atoms with Gasteiger partial charge in [0.1, 0.15) is 5.82 Å². The number of hydrogen-bond acceptors (Lipinski definition) is 4. The van der Waals surface area contributed by atoms with Crippen LogP contribution in [0.3, 0.4) is 0 Å². The summed E-state index contributed by atoms with van der Waals surface area (Å²) >= 11 is 0. The molecule has 0 aliphatic heterocycles. The van der Waals surface area contributed by atoms with Crippen LogP contribution in [0.5, 0.6) is 0 Å². The highest BCUT2D eigenvalue weighted by Crippen LogP contribution is 2.30. The molecule has 0 amide bonds. The van der Waals surface area contributed by atoms with Crippen molar-refractivity contribution in [1.29, 1.82) is 0 Å². The summed E-state index contributed by atoms with van der Waals surface area (Å²) in [5.41, 5.74) is 3.07. The van der Waals surface area contributed by atoms with Crippen molar-refractivity contribution in [3.05, 3.63) is 84.4 Å². The molecule has 174 valence electrons. The zero-order valence-electron chi connectivity index (χ0n) is 18.2. The molecule has 0 saturated carbocycles. The molecule has 0 saturated heterocycles. The molecule has 2 aromatic carbocycles. The molecule has 0 fully saturated rings. The first-order valence-electron chi connectivity index (χ1n) is 10.8. The van der Waals surface area contributed by atoms with Gasteiger partial charge in [0.15, 0.2) is 0 Å². The number of nitrogens with one attached hydrogen (secondary N) is 1. The number of unbranched alkanes of at least 4 members (excludes halogenated alkanes) is 1. The Morgan fingerprint density at radius 1 is 1.00 bits per heavy atom. The Balaban J connectivity index is 1.59. The smallest absolute Gasteiger partial charge is 0.303 e. The van der Waals surface area contributed by atoms with Crippen molar-refractivity contribution in [3.63, 3.8) is 0 Å². The summed E-state index contributed by atoms with van der Waals surface area (Å²) in [6, 6.07) is 16.6. The lowest BCUT2D eigenvalue weighted by Crippen LogP contribution is -2.24. The van der Waals surface area contributed by atoms with Crippen LogP contribution in [0.1, 0.15) is 43.6 Å². The molecule has 1 aromatic heterocycles. The van der Waals surface area contributed by atoms with Crippen LogP contribution in [0.15, 0.2) is 78.0 Å². The van der Waals surface area contributed by atoms with Gasteiger partial charge < -0.3 is 5.11 Å². The average Bonchev–Trinajstić information content (AvgIpc) is 2.81. The summed E-state index contributed by atoms with van der Waals surface area (Å²) in [5, 5.41) is 9.16. The first-order chi connectivity index (χ1) is 15.8. The lowest BCUT2D eigenvalue weighted by Gasteiger charge is -2.18. The van der Waals surface area contributed by atoms with Crippen molar-refractivity contribution in [2.75, 3.05) is 6.54 Å². The summed E-state index contributed by atoms with van der Waals surface area (Å²) in [7, 11) is -3.69. The number of carboxylic acid groups (broad SMARTS) is 1. The third-order valence-corrected chi connectivity index (χ3v) is 6.93. The van der Waals surface area contributed by atoms with E-state index in [0.717, 1.165) is 41.7 Å². The van der Waals surface area contributed by atoms with Crippen LogP contribution in [-0.4, -0.2) is 31.0 Å². The Morgan fingerprint density at radius 2 is 1.76 bits per heavy atom. The largest absolute Gasteiger partial charge is 0.481 e. The van der Waals surface area contributed by atoms with E-state index in [4.69, 9.17) is 5.11 Å². The number of nitrogens with zero attached hydrogens (tertiary/aromatic N) is 1. The van der Waals surface area contributed by atoms with Crippen LogP contribution in [0.4, 0.5) is 4.39 Å². The molecular weight excluding hydrogens is 443 g/mol. The number of carbonyl (C=O) groups is 1. The zero-order chi connectivity index (χ0) is 23.7. The van der Waals surface area contributed by atoms with Gasteiger partial charge in [-0.25, -0.2) is 17.5 Å². The monoisotopic (exact) mass is 470 g/mol. The van der Waals surface area contributed by atoms with E-state index in [0.29, 0.717) is 12.8 Å². The molecule has 0 radical (unpaired) electrons. The fourth-order valence-electron chi connectivity index (χ4n) is 3.70. The highest BCUT2D eigenvalue weighted by molar-refractivity contribution is 7.89. The van der Waals surface area contributed by atoms with Gasteiger partial charge in [0.2, 0.25) is 10.0 Å². The topological polar surface area (TPSA) is 96.4 Å². The van der Waals surface area contributed by atoms with Crippen molar-refractivity contribution in [2.45, 2.75) is 42.9 Å². The highest BCUT2D eigenvalue weighted by atomic mass is 32.2. The number of aliphatic carboxylic acids is 1. The first kappa shape index (κ1) is 24.5. The van der Waals surface area contributed by atoms with Crippen LogP contribution in [0.2, 0.25) is 0 Å². The van der Waals surface area contributed by atoms with E-state index in [1.165, 1.54) is 12.1 Å². The maximum absolute atomic E-state index is 13.0. The Morgan fingerprint density at radius 3 is 2.45 bits per heavy atom. The fraction of sp³-hybridized carbons (Fsp3) is 0.280. The minimum atomic E-state index is -3.69. The highest BCUT2D eigenvalue weighted by Gasteiger charge is 2.16. The Labute approximate surface area is 193 Å². The van der Waals surface area contributed by atoms with Gasteiger partial charge in [0.05, 0.1) is 4.90 Å². The second-order valence-corrected chi connectivity index (χ2v) is 9.61. The molecule has 8 heteroatoms. The maximum atomic E-state index is 13.0. The van der Waals surface area contributed by atoms with Crippen LogP contribution in [0.25, 0.3) is 11.1 Å². The van der Waals surface area contributed by atoms with Gasteiger partial charge in [-0.3, -0.25) is 9.78 Å². The average molecular weight is 471 g/mol. The summed E-state index contributed by atoms with van der Waals surface area (Å²) in [4.78, 5) is 15.3. The van der Waals surface area contributed by atoms with Gasteiger partial charge >= 0.3 is 5.97 Å². The van der Waals surface area contributed by atoms with Gasteiger partial charge in [0.25, 0.3) is 0 Å². The maximum Gasteiger partial charge on any atom is 0.303 e. The summed E-state index contributed by atoms with van der Waals surface area (Å²) in [6.45, 7) is 0.251. The third-order valence-electron chi connectivity index (χ3n) is 5.45. The molecule has 1 unspecified atom stereocenters. The summed E-state index contributed by atoms with van der Waals surface area (Å²) in [5.74, 6) is -1.28. The second-order valence-electron chi connectivity index (χ2n) is 7.84. The molecule has 2 N–H and O–H groups in total. The number of benzene rings is 2. The van der Waals surface area contributed by atoms with Crippen molar-refractivity contribution < 1.29 is 22.7 Å². The van der Waals surface area contributed by atoms with Gasteiger partial charge in [-0.1, -0.05) is 36.8 Å². The number of carboxylic acids is 1. The minimum Gasteiger partial charge on any atom is -0.481 e. The van der Waals surface area contributed by atoms with E-state index in [1.54, 1.807) is 12.4 Å². The van der Waals surface area contributed by atoms with Crippen molar-refractivity contribution >= 4 is 16.0 Å². The predicted molar refractivity (Wildman–Crippen MR) is 125 cm³/mol. The number of rotatable bonds is 12. The Hall–Kier alpha value is -3.10. The Kier molecular flexibility index (Phi) is 8.68. The Bertz CT molecular complexity index is 1150. The number of pyridine rings is 1. The van der Waals surface area contributed by atoms with Crippen molar-refractivity contribution in [1.82, 2.24) is 9.71 Å². The van der Waals surface area contributed by atoms with Gasteiger partial charge in [-0.15, -0.1) is 0 Å². The van der Waals surface area contributed by atoms with Crippen LogP contribution < -0.4 is 4.72 Å². The van der Waals surface area contributed by atoms with Crippen molar-refractivity contribution in [2.24, 2.45) is 0 Å². The second kappa shape index (κ2) is 11.7. The molecule has 0 bridgehead atoms. The van der Waals surface area contributed by atoms with E-state index in [9.17, 15) is 17.6 Å². The van der Waals surface area contributed by atoms with E-state index < -0.39 is 21.8 Å². The summed E-state index contributed by atoms with van der Waals surface area (Å²) < 4.78 is 40.2. The molecule has 33 heavy (non-hydrogen) atoms. The van der Waals surface area contributed by atoms with Gasteiger partial charge in [0, 0.05) is 25.4 Å². The van der Waals surface area contributed by atoms with E-state index in [2.05, 4.69) is 15.8 Å². The standard InChI is InChI=1S/C25H27FN2O4S/c26-23-10-12-24(13-11-23)33(31,32)28-16-2-1-5-19(9-14-25(29)30)20-6-3-7-21(17-20)22-8-4-15-27-18-22/h3-4,6-8,10-13,15,17-19,28H,1-2,5,9,14,16H2,(H,29,30). The van der Waals surface area contributed by atoms with Gasteiger partial charge in [-0.2, -0.15) is 0 Å². The van der Waals surface area contributed by atoms with Crippen molar-refractivity contribution in [3.8, 4) is 11.1 Å². The van der Waals surface area contributed by atoms with Crippen LogP contribution in [-0.2, 0) is 14.8 Å². The normalized spacial score (nSPS) is 12.4. The molecule has 3 aromatic rings. The first-order valence-corrected chi connectivity index (χ1v) is 12.3. The van der Waals surface area contributed by atoms with Crippen LogP contribution in [0, 0.1) is 5.82 Å². The number of hydrogen-bond donors (Lipinski definition) is 2. The molecule has 0 spiro atoms. The molecular formula is C25H27FN2O4S. The molecule has 3 rings (SSSR count). The lowest BCUT2D eigenvalue weighted by molar-refractivity contribution is -0.137. The van der Waals surface area contributed by atoms with E-state index >= 15 is 0 Å². The summed E-state index contributed by atoms with van der Waals surface area (Å²) in [6.07, 6.45) is 6.15. The van der Waals surface area contributed by atoms with E-state index in [1.807, 2.05) is 30.3 Å². The minimum absolute atomic E-state index is 0.0236. The molecule has 1 heterocycles. The fourth-order valence-corrected chi connectivity index (χ4v) is 4.77. The molecule has 6 nitrogen and oxygen atoms in total. The number of halogens is 1. The molecule has 0 aliphatic carbocycles. The number of aromatic nitrogens is 1. The number of sulfonamides is 1. The quantitative estimate of drug-likeness (QED) is 0.364. The zero-order valence-corrected chi connectivity index (χ0v) is 19.0. The molecule has 0 aliphatic rings. The SMILES string of the molecule is O=C(O)CCC(CCCCNS(=O)(=O)c1ccc(F)cc1)c1cccc(-c2cccnc2)c1. The van der Waals surface area contributed by atoms with Gasteiger partial charge in [-0.05, 0) is 72.2 Å². The molecule has 1 atom stereocenters. The third kappa shape index (κ3) is 7.47. The lowest BCUT2D eigenvalue weighted by atomic mass is 9.88. The van der Waals surface area contributed by atoms with Crippen LogP contribution >= 0.6 is 0 Å². The van der Waals surface area contributed by atoms with E-state index in [-0.39, 0.29) is 23.8 Å².